The maximum absolute atomic E-state index is 12.5. The van der Waals surface area contributed by atoms with Crippen molar-refractivity contribution in [2.45, 2.75) is 6.92 Å². The Labute approximate surface area is 162 Å². The Hall–Kier alpha value is -2.69. The summed E-state index contributed by atoms with van der Waals surface area (Å²) in [5, 5.41) is 13.6. The number of halogens is 1. The van der Waals surface area contributed by atoms with Gasteiger partial charge in [0.05, 0.1) is 17.6 Å². The number of anilines is 1. The standard InChI is InChI=1S/C17H15IN2O6/c1-10-7-12(26-9-16(21)25-2)4-6-15(10)19-17(22)13-8-11(20(23)24)3-5-14(13)18/h3-8H,9H2,1-2H3,(H,19,22). The first-order valence-corrected chi connectivity index (χ1v) is 8.45. The lowest BCUT2D eigenvalue weighted by Crippen LogP contribution is -2.15. The first kappa shape index (κ1) is 19.6. The number of nitrogens with one attached hydrogen (secondary N) is 1. The zero-order valence-electron chi connectivity index (χ0n) is 13.9. The predicted octanol–water partition coefficient (Wildman–Crippen LogP) is 3.31. The van der Waals surface area contributed by atoms with Gasteiger partial charge >= 0.3 is 5.97 Å². The summed E-state index contributed by atoms with van der Waals surface area (Å²) >= 11 is 1.95. The third-order valence-electron chi connectivity index (χ3n) is 3.44. The normalized spacial score (nSPS) is 10.1. The van der Waals surface area contributed by atoms with Crippen LogP contribution in [0.4, 0.5) is 11.4 Å². The minimum absolute atomic E-state index is 0.154. The van der Waals surface area contributed by atoms with Crippen LogP contribution in [0, 0.1) is 20.6 Å². The summed E-state index contributed by atoms with van der Waals surface area (Å²) in [6.45, 7) is 1.55. The maximum atomic E-state index is 12.5. The largest absolute Gasteiger partial charge is 0.482 e. The Balaban J connectivity index is 2.15. The smallest absolute Gasteiger partial charge is 0.343 e. The number of nitrogens with zero attached hydrogens (tertiary/aromatic N) is 1. The van der Waals surface area contributed by atoms with Crippen LogP contribution in [0.25, 0.3) is 0 Å². The van der Waals surface area contributed by atoms with Gasteiger partial charge in [-0.2, -0.15) is 0 Å². The molecule has 2 aromatic rings. The van der Waals surface area contributed by atoms with E-state index < -0.39 is 16.8 Å². The Morgan fingerprint density at radius 3 is 2.58 bits per heavy atom. The number of methoxy groups -OCH3 is 1. The molecule has 0 aliphatic carbocycles. The number of carbonyl (C=O) groups excluding carboxylic acids is 2. The molecule has 2 rings (SSSR count). The summed E-state index contributed by atoms with van der Waals surface area (Å²) in [7, 11) is 1.27. The van der Waals surface area contributed by atoms with Crippen LogP contribution in [0.15, 0.2) is 36.4 Å². The Morgan fingerprint density at radius 1 is 1.23 bits per heavy atom. The summed E-state index contributed by atoms with van der Waals surface area (Å²) in [6.07, 6.45) is 0. The number of esters is 1. The van der Waals surface area contributed by atoms with Crippen LogP contribution < -0.4 is 10.1 Å². The lowest BCUT2D eigenvalue weighted by molar-refractivity contribution is -0.384. The van der Waals surface area contributed by atoms with Gasteiger partial charge in [0, 0.05) is 21.4 Å². The number of benzene rings is 2. The summed E-state index contributed by atoms with van der Waals surface area (Å²) in [6, 6.07) is 8.99. The number of hydrogen-bond donors (Lipinski definition) is 1. The molecule has 0 aliphatic rings. The van der Waals surface area contributed by atoms with Crippen molar-refractivity contribution in [1.29, 1.82) is 0 Å². The molecule has 0 aliphatic heterocycles. The Morgan fingerprint density at radius 2 is 1.96 bits per heavy atom. The van der Waals surface area contributed by atoms with Gasteiger partial charge in [-0.3, -0.25) is 14.9 Å². The fourth-order valence-electron chi connectivity index (χ4n) is 2.06. The number of rotatable bonds is 6. The van der Waals surface area contributed by atoms with Gasteiger partial charge in [0.15, 0.2) is 6.61 Å². The van der Waals surface area contributed by atoms with Crippen LogP contribution in [-0.2, 0) is 9.53 Å². The van der Waals surface area contributed by atoms with E-state index in [4.69, 9.17) is 4.74 Å². The van der Waals surface area contributed by atoms with Gasteiger partial charge in [0.25, 0.3) is 11.6 Å². The summed E-state index contributed by atoms with van der Waals surface area (Å²) in [5.74, 6) is -0.500. The molecule has 1 N–H and O–H groups in total. The van der Waals surface area contributed by atoms with Crippen LogP contribution in [0.5, 0.6) is 5.75 Å². The van der Waals surface area contributed by atoms with E-state index in [-0.39, 0.29) is 17.9 Å². The Kier molecular flexibility index (Phi) is 6.50. The van der Waals surface area contributed by atoms with E-state index in [2.05, 4.69) is 10.1 Å². The van der Waals surface area contributed by atoms with E-state index >= 15 is 0 Å². The van der Waals surface area contributed by atoms with Crippen LogP contribution in [0.1, 0.15) is 15.9 Å². The van der Waals surface area contributed by atoms with Crippen molar-refractivity contribution in [3.63, 3.8) is 0 Å². The monoisotopic (exact) mass is 470 g/mol. The van der Waals surface area contributed by atoms with Crippen molar-refractivity contribution in [3.05, 3.63) is 61.2 Å². The molecule has 9 heteroatoms. The molecule has 136 valence electrons. The van der Waals surface area contributed by atoms with Gasteiger partial charge in [-0.15, -0.1) is 0 Å². The first-order chi connectivity index (χ1) is 12.3. The van der Waals surface area contributed by atoms with Crippen LogP contribution >= 0.6 is 22.6 Å². The van der Waals surface area contributed by atoms with Gasteiger partial charge in [-0.1, -0.05) is 0 Å². The molecule has 0 bridgehead atoms. The maximum Gasteiger partial charge on any atom is 0.343 e. The average Bonchev–Trinajstić information content (AvgIpc) is 2.61. The van der Waals surface area contributed by atoms with E-state index in [9.17, 15) is 19.7 Å². The third kappa shape index (κ3) is 4.91. The molecular weight excluding hydrogens is 455 g/mol. The molecule has 8 nitrogen and oxygen atoms in total. The molecule has 0 saturated heterocycles. The van der Waals surface area contributed by atoms with Gasteiger partial charge < -0.3 is 14.8 Å². The highest BCUT2D eigenvalue weighted by atomic mass is 127. The number of ether oxygens (including phenoxy) is 2. The number of aryl methyl sites for hydroxylation is 1. The molecule has 0 saturated carbocycles. The zero-order valence-corrected chi connectivity index (χ0v) is 16.1. The van der Waals surface area contributed by atoms with Crippen LogP contribution in [0.2, 0.25) is 0 Å². The number of carbonyl (C=O) groups is 2. The topological polar surface area (TPSA) is 108 Å². The fraction of sp³-hybridized carbons (Fsp3) is 0.176. The molecule has 0 radical (unpaired) electrons. The van der Waals surface area contributed by atoms with E-state index in [1.165, 1.54) is 25.3 Å². The third-order valence-corrected chi connectivity index (χ3v) is 4.38. The number of hydrogen-bond acceptors (Lipinski definition) is 6. The van der Waals surface area contributed by atoms with Crippen molar-refractivity contribution in [2.24, 2.45) is 0 Å². The number of non-ortho nitro benzene ring substituents is 1. The zero-order chi connectivity index (χ0) is 19.3. The summed E-state index contributed by atoms with van der Waals surface area (Å²) < 4.78 is 10.4. The van der Waals surface area contributed by atoms with E-state index in [1.54, 1.807) is 25.1 Å². The summed E-state index contributed by atoms with van der Waals surface area (Å²) in [5.41, 5.74) is 1.30. The minimum Gasteiger partial charge on any atom is -0.482 e. The van der Waals surface area contributed by atoms with Crippen molar-refractivity contribution in [3.8, 4) is 5.75 Å². The van der Waals surface area contributed by atoms with Crippen LogP contribution in [-0.4, -0.2) is 30.5 Å². The lowest BCUT2D eigenvalue weighted by Gasteiger charge is -2.11. The number of amides is 1. The quantitative estimate of drug-likeness (QED) is 0.301. The van der Waals surface area contributed by atoms with Gasteiger partial charge in [0.1, 0.15) is 5.75 Å². The van der Waals surface area contributed by atoms with Gasteiger partial charge in [-0.25, -0.2) is 4.79 Å². The van der Waals surface area contributed by atoms with Crippen molar-refractivity contribution in [1.82, 2.24) is 0 Å². The second-order valence-corrected chi connectivity index (χ2v) is 6.38. The highest BCUT2D eigenvalue weighted by molar-refractivity contribution is 14.1. The molecule has 0 atom stereocenters. The SMILES string of the molecule is COC(=O)COc1ccc(NC(=O)c2cc([N+](=O)[O-])ccc2I)c(C)c1. The first-order valence-electron chi connectivity index (χ1n) is 7.37. The van der Waals surface area contributed by atoms with Crippen molar-refractivity contribution >= 4 is 45.8 Å². The van der Waals surface area contributed by atoms with E-state index in [0.29, 0.717) is 20.6 Å². The second kappa shape index (κ2) is 8.61. The Bertz CT molecular complexity index is 868. The molecule has 0 heterocycles. The van der Waals surface area contributed by atoms with Gasteiger partial charge in [-0.05, 0) is 59.3 Å². The molecule has 0 aromatic heterocycles. The van der Waals surface area contributed by atoms with Crippen LogP contribution in [0.3, 0.4) is 0 Å². The van der Waals surface area contributed by atoms with Crippen molar-refractivity contribution < 1.29 is 24.0 Å². The van der Waals surface area contributed by atoms with E-state index in [1.807, 2.05) is 22.6 Å². The molecule has 0 fully saturated rings. The molecule has 26 heavy (non-hydrogen) atoms. The van der Waals surface area contributed by atoms with E-state index in [0.717, 1.165) is 0 Å². The predicted molar refractivity (Wildman–Crippen MR) is 102 cm³/mol. The number of nitro groups is 1. The lowest BCUT2D eigenvalue weighted by atomic mass is 10.1. The molecular formula is C17H15IN2O6. The molecule has 2 aromatic carbocycles. The van der Waals surface area contributed by atoms with Crippen molar-refractivity contribution in [2.75, 3.05) is 19.0 Å². The van der Waals surface area contributed by atoms with Gasteiger partial charge in [0.2, 0.25) is 0 Å². The summed E-state index contributed by atoms with van der Waals surface area (Å²) in [4.78, 5) is 33.9. The fourth-order valence-corrected chi connectivity index (χ4v) is 2.64. The average molecular weight is 470 g/mol. The number of nitro benzene ring substituents is 1. The molecule has 0 spiro atoms. The minimum atomic E-state index is -0.550. The molecule has 1 amide bonds. The highest BCUT2D eigenvalue weighted by Crippen LogP contribution is 2.24. The second-order valence-electron chi connectivity index (χ2n) is 5.22. The highest BCUT2D eigenvalue weighted by Gasteiger charge is 2.16. The molecule has 0 unspecified atom stereocenters.